The molecule has 7 heteroatoms. The molecule has 1 unspecified atom stereocenters. The summed E-state index contributed by atoms with van der Waals surface area (Å²) in [5, 5.41) is 9.68. The summed E-state index contributed by atoms with van der Waals surface area (Å²) < 4.78 is 1.37. The van der Waals surface area contributed by atoms with E-state index in [0.29, 0.717) is 23.9 Å². The Morgan fingerprint density at radius 1 is 1.53 bits per heavy atom. The van der Waals surface area contributed by atoms with Gasteiger partial charge in [0.05, 0.1) is 0 Å². The fraction of sp³-hybridized carbons (Fsp3) is 0.583. The van der Waals surface area contributed by atoms with Crippen LogP contribution in [0.25, 0.3) is 5.65 Å². The molecule has 1 fully saturated rings. The van der Waals surface area contributed by atoms with E-state index in [2.05, 4.69) is 20.5 Å². The smallest absolute Gasteiger partial charge is 0.348 e. The second-order valence-corrected chi connectivity index (χ2v) is 5.06. The minimum Gasteiger partial charge on any atom is -0.366 e. The van der Waals surface area contributed by atoms with Gasteiger partial charge in [-0.05, 0) is 18.8 Å². The Bertz CT molecular complexity index is 612. The Hall–Kier alpha value is -1.89. The predicted molar refractivity (Wildman–Crippen MR) is 72.0 cm³/mol. The van der Waals surface area contributed by atoms with Crippen LogP contribution in [-0.4, -0.2) is 32.2 Å². The highest BCUT2D eigenvalue weighted by Gasteiger charge is 2.24. The molecule has 4 N–H and O–H groups in total. The Morgan fingerprint density at radius 2 is 2.32 bits per heavy atom. The van der Waals surface area contributed by atoms with Crippen molar-refractivity contribution in [2.75, 3.05) is 11.9 Å². The molecule has 0 bridgehead atoms. The van der Waals surface area contributed by atoms with Crippen LogP contribution >= 0.6 is 0 Å². The first-order valence-electron chi connectivity index (χ1n) is 6.67. The first kappa shape index (κ1) is 12.2. The van der Waals surface area contributed by atoms with E-state index >= 15 is 0 Å². The van der Waals surface area contributed by atoms with Gasteiger partial charge in [0.1, 0.15) is 12.1 Å². The number of hydrogen-bond donors (Lipinski definition) is 3. The predicted octanol–water partition coefficient (Wildman–Crippen LogP) is 0.347. The van der Waals surface area contributed by atoms with Gasteiger partial charge in [0.2, 0.25) is 0 Å². The van der Waals surface area contributed by atoms with Gasteiger partial charge in [0.15, 0.2) is 5.65 Å². The molecule has 0 spiro atoms. The molecule has 2 aromatic rings. The molecule has 19 heavy (non-hydrogen) atoms. The third-order valence-electron chi connectivity index (χ3n) is 3.87. The molecule has 1 aliphatic carbocycles. The Kier molecular flexibility index (Phi) is 3.20. The van der Waals surface area contributed by atoms with E-state index in [4.69, 9.17) is 5.73 Å². The Labute approximate surface area is 110 Å². The lowest BCUT2D eigenvalue weighted by Crippen LogP contribution is -2.35. The van der Waals surface area contributed by atoms with Crippen LogP contribution in [0.1, 0.15) is 25.7 Å². The van der Waals surface area contributed by atoms with Gasteiger partial charge in [0, 0.05) is 18.7 Å². The molecule has 0 aromatic carbocycles. The van der Waals surface area contributed by atoms with Crippen LogP contribution in [0.3, 0.4) is 0 Å². The number of nitrogens with one attached hydrogen (secondary N) is 2. The van der Waals surface area contributed by atoms with Gasteiger partial charge in [-0.3, -0.25) is 0 Å². The summed E-state index contributed by atoms with van der Waals surface area (Å²) in [6.07, 6.45) is 6.48. The van der Waals surface area contributed by atoms with E-state index in [-0.39, 0.29) is 11.7 Å². The van der Waals surface area contributed by atoms with Crippen molar-refractivity contribution in [2.24, 2.45) is 11.7 Å². The lowest BCUT2D eigenvalue weighted by atomic mass is 9.98. The Morgan fingerprint density at radius 3 is 3.05 bits per heavy atom. The topological polar surface area (TPSA) is 101 Å². The van der Waals surface area contributed by atoms with E-state index in [1.165, 1.54) is 36.4 Å². The fourth-order valence-corrected chi connectivity index (χ4v) is 2.81. The van der Waals surface area contributed by atoms with Gasteiger partial charge in [-0.1, -0.05) is 12.8 Å². The molecule has 0 amide bonds. The first-order chi connectivity index (χ1) is 9.28. The van der Waals surface area contributed by atoms with E-state index in [1.807, 2.05) is 0 Å². The summed E-state index contributed by atoms with van der Waals surface area (Å²) in [6, 6.07) is 2.00. The number of rotatable bonds is 4. The van der Waals surface area contributed by atoms with E-state index in [1.54, 1.807) is 6.07 Å². The molecular weight excluding hydrogens is 244 g/mol. The number of fused-ring (bicyclic) bond motifs is 1. The molecule has 2 heterocycles. The van der Waals surface area contributed by atoms with Crippen molar-refractivity contribution >= 4 is 11.5 Å². The van der Waals surface area contributed by atoms with Gasteiger partial charge in [0.25, 0.3) is 0 Å². The zero-order chi connectivity index (χ0) is 13.2. The SMILES string of the molecule is NCC(Nc1cc2n[nH]c(=O)n2cn1)C1CCCC1. The van der Waals surface area contributed by atoms with Gasteiger partial charge in [-0.25, -0.2) is 19.3 Å². The quantitative estimate of drug-likeness (QED) is 0.738. The number of aromatic amines is 1. The standard InChI is InChI=1S/C12H18N6O/c13-6-9(8-3-1-2-4-8)15-10-5-11-16-17-12(19)18(11)7-14-10/h5,7-9,15H,1-4,6,13H2,(H,17,19). The summed E-state index contributed by atoms with van der Waals surface area (Å²) >= 11 is 0. The maximum absolute atomic E-state index is 11.3. The molecule has 3 rings (SSSR count). The molecule has 7 nitrogen and oxygen atoms in total. The van der Waals surface area contributed by atoms with Crippen LogP contribution in [0.2, 0.25) is 0 Å². The van der Waals surface area contributed by atoms with Crippen LogP contribution in [0.15, 0.2) is 17.2 Å². The normalized spacial score (nSPS) is 17.9. The molecular formula is C12H18N6O. The van der Waals surface area contributed by atoms with E-state index in [0.717, 1.165) is 0 Å². The zero-order valence-electron chi connectivity index (χ0n) is 10.7. The third-order valence-corrected chi connectivity index (χ3v) is 3.87. The number of nitrogens with two attached hydrogens (primary N) is 1. The van der Waals surface area contributed by atoms with Gasteiger partial charge < -0.3 is 11.1 Å². The summed E-state index contributed by atoms with van der Waals surface area (Å²) in [5.74, 6) is 1.33. The van der Waals surface area contributed by atoms with Gasteiger partial charge >= 0.3 is 5.69 Å². The highest BCUT2D eigenvalue weighted by molar-refractivity contribution is 5.48. The largest absolute Gasteiger partial charge is 0.366 e. The van der Waals surface area contributed by atoms with Crippen LogP contribution in [0, 0.1) is 5.92 Å². The van der Waals surface area contributed by atoms with Crippen LogP contribution in [0.5, 0.6) is 0 Å². The molecule has 0 aliphatic heterocycles. The minimum atomic E-state index is -0.278. The number of hydrogen-bond acceptors (Lipinski definition) is 5. The van der Waals surface area contributed by atoms with Crippen LogP contribution in [0.4, 0.5) is 5.82 Å². The molecule has 1 atom stereocenters. The lowest BCUT2D eigenvalue weighted by Gasteiger charge is -2.23. The Balaban J connectivity index is 1.81. The molecule has 1 aliphatic rings. The summed E-state index contributed by atoms with van der Waals surface area (Å²) in [5.41, 5.74) is 6.13. The number of H-pyrrole nitrogens is 1. The maximum atomic E-state index is 11.3. The van der Waals surface area contributed by atoms with Crippen molar-refractivity contribution in [3.63, 3.8) is 0 Å². The average molecular weight is 262 g/mol. The fourth-order valence-electron chi connectivity index (χ4n) is 2.81. The molecule has 1 saturated carbocycles. The number of anilines is 1. The second kappa shape index (κ2) is 5.00. The van der Waals surface area contributed by atoms with E-state index < -0.39 is 0 Å². The van der Waals surface area contributed by atoms with Gasteiger partial charge in [-0.15, -0.1) is 0 Å². The van der Waals surface area contributed by atoms with Gasteiger partial charge in [-0.2, -0.15) is 5.10 Å². The van der Waals surface area contributed by atoms with Crippen molar-refractivity contribution in [1.29, 1.82) is 0 Å². The van der Waals surface area contributed by atoms with Crippen molar-refractivity contribution < 1.29 is 0 Å². The molecule has 102 valence electrons. The first-order valence-corrected chi connectivity index (χ1v) is 6.67. The summed E-state index contributed by atoms with van der Waals surface area (Å²) in [4.78, 5) is 15.6. The molecule has 0 radical (unpaired) electrons. The van der Waals surface area contributed by atoms with Crippen molar-refractivity contribution in [2.45, 2.75) is 31.7 Å². The van der Waals surface area contributed by atoms with Crippen molar-refractivity contribution in [3.05, 3.63) is 22.9 Å². The highest BCUT2D eigenvalue weighted by Crippen LogP contribution is 2.28. The molecule has 0 saturated heterocycles. The summed E-state index contributed by atoms with van der Waals surface area (Å²) in [7, 11) is 0. The third kappa shape index (κ3) is 2.33. The monoisotopic (exact) mass is 262 g/mol. The maximum Gasteiger partial charge on any atom is 0.348 e. The van der Waals surface area contributed by atoms with Crippen molar-refractivity contribution in [3.8, 4) is 0 Å². The number of aromatic nitrogens is 4. The average Bonchev–Trinajstić information content (AvgIpc) is 3.06. The summed E-state index contributed by atoms with van der Waals surface area (Å²) in [6.45, 7) is 0.588. The van der Waals surface area contributed by atoms with Crippen LogP contribution < -0.4 is 16.7 Å². The number of nitrogens with zero attached hydrogens (tertiary/aromatic N) is 3. The van der Waals surface area contributed by atoms with Crippen molar-refractivity contribution in [1.82, 2.24) is 19.6 Å². The molecule has 2 aromatic heterocycles. The minimum absolute atomic E-state index is 0.239. The van der Waals surface area contributed by atoms with Crippen LogP contribution in [-0.2, 0) is 0 Å². The second-order valence-electron chi connectivity index (χ2n) is 5.06. The van der Waals surface area contributed by atoms with E-state index in [9.17, 15) is 4.79 Å². The highest BCUT2D eigenvalue weighted by atomic mass is 16.1. The lowest BCUT2D eigenvalue weighted by molar-refractivity contribution is 0.461. The zero-order valence-corrected chi connectivity index (χ0v) is 10.7.